The van der Waals surface area contributed by atoms with Crippen molar-refractivity contribution in [2.24, 2.45) is 0 Å². The molecule has 11 heteroatoms. The van der Waals surface area contributed by atoms with Crippen LogP contribution in [0.4, 0.5) is 5.69 Å². The lowest BCUT2D eigenvalue weighted by molar-refractivity contribution is -0.113. The Morgan fingerprint density at radius 1 is 1.15 bits per heavy atom. The van der Waals surface area contributed by atoms with Crippen LogP contribution in [0.15, 0.2) is 46.5 Å². The van der Waals surface area contributed by atoms with Gasteiger partial charge in [0.2, 0.25) is 15.9 Å². The molecule has 0 atom stereocenters. The molecule has 0 aliphatic carbocycles. The van der Waals surface area contributed by atoms with Crippen LogP contribution in [-0.4, -0.2) is 49.3 Å². The number of aromatic nitrogens is 2. The number of esters is 1. The fourth-order valence-corrected chi connectivity index (χ4v) is 5.14. The second-order valence-electron chi connectivity index (χ2n) is 7.09. The zero-order valence-electron chi connectivity index (χ0n) is 18.8. The number of thioether (sulfide) groups is 1. The molecule has 0 radical (unpaired) electrons. The van der Waals surface area contributed by atoms with Crippen molar-refractivity contribution in [1.29, 1.82) is 0 Å². The molecule has 1 amide bonds. The summed E-state index contributed by atoms with van der Waals surface area (Å²) in [6.45, 7) is 6.34. The second-order valence-corrected chi connectivity index (χ2v) is 9.88. The van der Waals surface area contributed by atoms with E-state index < -0.39 is 16.0 Å². The number of carbonyl (C=O) groups excluding carboxylic acids is 2. The largest absolute Gasteiger partial charge is 0.462 e. The third-order valence-electron chi connectivity index (χ3n) is 4.90. The minimum atomic E-state index is -3.63. The number of amides is 1. The van der Waals surface area contributed by atoms with Gasteiger partial charge in [-0.15, -0.1) is 0 Å². The first kappa shape index (κ1) is 24.7. The number of sulfonamides is 1. The Bertz CT molecular complexity index is 1300. The summed E-state index contributed by atoms with van der Waals surface area (Å²) < 4.78 is 33.6. The predicted molar refractivity (Wildman–Crippen MR) is 128 cm³/mol. The predicted octanol–water partition coefficient (Wildman–Crippen LogP) is 3.18. The van der Waals surface area contributed by atoms with Crippen molar-refractivity contribution in [1.82, 2.24) is 14.3 Å². The summed E-state index contributed by atoms with van der Waals surface area (Å²) in [6.07, 6.45) is 0. The number of anilines is 1. The van der Waals surface area contributed by atoms with Gasteiger partial charge in [-0.25, -0.2) is 22.9 Å². The van der Waals surface area contributed by atoms with Crippen molar-refractivity contribution in [3.05, 3.63) is 47.5 Å². The standard InChI is InChI=1S/C22H26N4O5S2/c1-5-26-18-10-8-15(21(28)31-6-2)11-17(18)25-22(26)32-13-20(27)24-16-9-7-14(3)19(12-16)33(29,30)23-4/h7-12,23H,5-6,13H2,1-4H3,(H,24,27). The Morgan fingerprint density at radius 2 is 1.91 bits per heavy atom. The molecule has 0 saturated heterocycles. The number of aryl methyl sites for hydroxylation is 2. The first-order valence-electron chi connectivity index (χ1n) is 10.3. The maximum Gasteiger partial charge on any atom is 0.338 e. The molecule has 176 valence electrons. The van der Waals surface area contributed by atoms with Crippen LogP contribution in [-0.2, 0) is 26.1 Å². The van der Waals surface area contributed by atoms with Crippen molar-refractivity contribution in [2.75, 3.05) is 24.7 Å². The molecule has 0 unspecified atom stereocenters. The van der Waals surface area contributed by atoms with E-state index in [2.05, 4.69) is 15.0 Å². The van der Waals surface area contributed by atoms with E-state index in [1.807, 2.05) is 17.6 Å². The number of hydrogen-bond acceptors (Lipinski definition) is 7. The zero-order valence-corrected chi connectivity index (χ0v) is 20.5. The van der Waals surface area contributed by atoms with Gasteiger partial charge in [0.1, 0.15) is 0 Å². The van der Waals surface area contributed by atoms with Gasteiger partial charge in [-0.2, -0.15) is 0 Å². The topological polar surface area (TPSA) is 119 Å². The highest BCUT2D eigenvalue weighted by Crippen LogP contribution is 2.26. The summed E-state index contributed by atoms with van der Waals surface area (Å²) in [4.78, 5) is 29.2. The van der Waals surface area contributed by atoms with Gasteiger partial charge < -0.3 is 14.6 Å². The molecule has 9 nitrogen and oxygen atoms in total. The fraction of sp³-hybridized carbons (Fsp3) is 0.318. The Morgan fingerprint density at radius 3 is 2.58 bits per heavy atom. The molecule has 3 rings (SSSR count). The summed E-state index contributed by atoms with van der Waals surface area (Å²) in [7, 11) is -2.29. The molecule has 1 heterocycles. The highest BCUT2D eigenvalue weighted by Gasteiger charge is 2.17. The minimum absolute atomic E-state index is 0.0794. The van der Waals surface area contributed by atoms with Crippen molar-refractivity contribution in [3.8, 4) is 0 Å². The lowest BCUT2D eigenvalue weighted by Gasteiger charge is -2.10. The third-order valence-corrected chi connectivity index (χ3v) is 7.44. The van der Waals surface area contributed by atoms with Gasteiger partial charge in [-0.3, -0.25) is 4.79 Å². The van der Waals surface area contributed by atoms with E-state index in [9.17, 15) is 18.0 Å². The van der Waals surface area contributed by atoms with Crippen LogP contribution in [0.5, 0.6) is 0 Å². The van der Waals surface area contributed by atoms with E-state index in [1.54, 1.807) is 38.1 Å². The van der Waals surface area contributed by atoms with Gasteiger partial charge in [0.25, 0.3) is 0 Å². The fourth-order valence-electron chi connectivity index (χ4n) is 3.27. The summed E-state index contributed by atoms with van der Waals surface area (Å²) >= 11 is 1.26. The van der Waals surface area contributed by atoms with E-state index in [0.717, 1.165) is 5.52 Å². The number of ether oxygens (including phenoxy) is 1. The van der Waals surface area contributed by atoms with E-state index in [0.29, 0.717) is 40.6 Å². The SMILES string of the molecule is CCOC(=O)c1ccc2c(c1)nc(SCC(=O)Nc1ccc(C)c(S(=O)(=O)NC)c1)n2CC. The number of carbonyl (C=O) groups is 2. The Labute approximate surface area is 197 Å². The number of benzene rings is 2. The van der Waals surface area contributed by atoms with Crippen LogP contribution >= 0.6 is 11.8 Å². The van der Waals surface area contributed by atoms with Gasteiger partial charge in [0, 0.05) is 12.2 Å². The Balaban J connectivity index is 1.75. The number of nitrogens with zero attached hydrogens (tertiary/aromatic N) is 2. The number of imidazole rings is 1. The first-order valence-corrected chi connectivity index (χ1v) is 12.8. The van der Waals surface area contributed by atoms with E-state index in [4.69, 9.17) is 4.74 Å². The molecule has 0 spiro atoms. The molecule has 0 bridgehead atoms. The molecule has 0 aliphatic heterocycles. The normalized spacial score (nSPS) is 11.5. The van der Waals surface area contributed by atoms with Crippen molar-refractivity contribution < 1.29 is 22.7 Å². The van der Waals surface area contributed by atoms with E-state index >= 15 is 0 Å². The molecule has 33 heavy (non-hydrogen) atoms. The number of nitrogens with one attached hydrogen (secondary N) is 2. The van der Waals surface area contributed by atoms with Gasteiger partial charge in [0.05, 0.1) is 33.9 Å². The van der Waals surface area contributed by atoms with Crippen LogP contribution in [0, 0.1) is 6.92 Å². The molecule has 2 N–H and O–H groups in total. The maximum atomic E-state index is 12.5. The summed E-state index contributed by atoms with van der Waals surface area (Å²) in [6, 6.07) is 9.93. The lowest BCUT2D eigenvalue weighted by Crippen LogP contribution is -2.20. The smallest absolute Gasteiger partial charge is 0.338 e. The monoisotopic (exact) mass is 490 g/mol. The zero-order chi connectivity index (χ0) is 24.2. The molecule has 2 aromatic carbocycles. The molecular weight excluding hydrogens is 464 g/mol. The van der Waals surface area contributed by atoms with Crippen molar-refractivity contribution in [3.63, 3.8) is 0 Å². The van der Waals surface area contributed by atoms with Gasteiger partial charge >= 0.3 is 5.97 Å². The van der Waals surface area contributed by atoms with Gasteiger partial charge in [0.15, 0.2) is 5.16 Å². The van der Waals surface area contributed by atoms with Crippen LogP contribution in [0.25, 0.3) is 11.0 Å². The van der Waals surface area contributed by atoms with Crippen LogP contribution in [0.3, 0.4) is 0 Å². The lowest BCUT2D eigenvalue weighted by atomic mass is 10.2. The molecule has 0 aliphatic rings. The average Bonchev–Trinajstić information content (AvgIpc) is 3.15. The van der Waals surface area contributed by atoms with Crippen molar-refractivity contribution in [2.45, 2.75) is 37.4 Å². The average molecular weight is 491 g/mol. The summed E-state index contributed by atoms with van der Waals surface area (Å²) in [5.41, 5.74) is 2.89. The molecule has 0 saturated carbocycles. The highest BCUT2D eigenvalue weighted by molar-refractivity contribution is 7.99. The molecule has 1 aromatic heterocycles. The van der Waals surface area contributed by atoms with Gasteiger partial charge in [-0.05, 0) is 63.7 Å². The van der Waals surface area contributed by atoms with E-state index in [1.165, 1.54) is 24.9 Å². The van der Waals surface area contributed by atoms with E-state index in [-0.39, 0.29) is 16.6 Å². The Kier molecular flexibility index (Phi) is 7.77. The van der Waals surface area contributed by atoms with Crippen molar-refractivity contribution >= 4 is 50.4 Å². The number of rotatable bonds is 9. The van der Waals surface area contributed by atoms with Gasteiger partial charge in [-0.1, -0.05) is 17.8 Å². The molecular formula is C22H26N4O5S2. The second kappa shape index (κ2) is 10.4. The van der Waals surface area contributed by atoms with Crippen LogP contribution < -0.4 is 10.0 Å². The van der Waals surface area contributed by atoms with Crippen LogP contribution in [0.2, 0.25) is 0 Å². The maximum absolute atomic E-state index is 12.5. The summed E-state index contributed by atoms with van der Waals surface area (Å²) in [5, 5.41) is 3.38. The third kappa shape index (κ3) is 5.55. The van der Waals surface area contributed by atoms with Crippen LogP contribution in [0.1, 0.15) is 29.8 Å². The molecule has 0 fully saturated rings. The number of fused-ring (bicyclic) bond motifs is 1. The minimum Gasteiger partial charge on any atom is -0.462 e. The molecule has 3 aromatic rings. The Hall–Kier alpha value is -2.89. The highest BCUT2D eigenvalue weighted by atomic mass is 32.2. The number of hydrogen-bond donors (Lipinski definition) is 2. The summed E-state index contributed by atoms with van der Waals surface area (Å²) in [5.74, 6) is -0.619. The quantitative estimate of drug-likeness (QED) is 0.349. The first-order chi connectivity index (χ1) is 15.7.